The number of rotatable bonds is 3. The Labute approximate surface area is 311 Å². The third kappa shape index (κ3) is 6.85. The van der Waals surface area contributed by atoms with Gasteiger partial charge in [0.1, 0.15) is 15.7 Å². The van der Waals surface area contributed by atoms with E-state index in [9.17, 15) is 13.8 Å². The molecule has 1 spiro atoms. The summed E-state index contributed by atoms with van der Waals surface area (Å²) >= 11 is 6.46. The zero-order valence-corrected chi connectivity index (χ0v) is 31.4. The van der Waals surface area contributed by atoms with Gasteiger partial charge in [0, 0.05) is 61.7 Å². The van der Waals surface area contributed by atoms with E-state index in [-0.39, 0.29) is 29.2 Å². The molecule has 11 nitrogen and oxygen atoms in total. The lowest BCUT2D eigenvalue weighted by Crippen LogP contribution is -2.55. The van der Waals surface area contributed by atoms with Crippen molar-refractivity contribution in [3.8, 4) is 5.75 Å². The number of nitrogens with zero attached hydrogens (tertiary/aromatic N) is 5. The van der Waals surface area contributed by atoms with Crippen LogP contribution in [0.15, 0.2) is 71.6 Å². The van der Waals surface area contributed by atoms with Gasteiger partial charge in [-0.05, 0) is 97.7 Å². The molecule has 2 aliphatic carbocycles. The van der Waals surface area contributed by atoms with Crippen LogP contribution >= 0.6 is 11.6 Å². The van der Waals surface area contributed by atoms with E-state index < -0.39 is 21.9 Å². The molecule has 13 heteroatoms. The van der Waals surface area contributed by atoms with Crippen molar-refractivity contribution < 1.29 is 23.3 Å². The molecule has 276 valence electrons. The summed E-state index contributed by atoms with van der Waals surface area (Å²) in [5, 5.41) is 0.743. The van der Waals surface area contributed by atoms with E-state index in [0.29, 0.717) is 49.3 Å². The standard InChI is InChI=1S/C39H47ClN6O5S/c1-26-5-3-7-35(50-2)32-11-8-29(32)19-46-23-39(14-4-6-27-17-30(40)10-12-33(27)39)24-51-36-13-9-28(18-34(36)46)37(47)42-52(49,22-26)43-38(48)45-20-31(21-45)44-16-15-41-25-44/h3,7,9-10,12-13,15-18,25-26,29,31-32,35H,4-6,8,11,14,19-24H2,1-2H3,(H,42,43,47,48,49)/b7-3+/t26-,29-,32+,35-,39-,52-/m0/s1. The average molecular weight is 747 g/mol. The number of carbonyl (C=O) groups is 2. The van der Waals surface area contributed by atoms with Crippen LogP contribution in [0.1, 0.15) is 66.6 Å². The number of imidazole rings is 1. The van der Waals surface area contributed by atoms with Crippen LogP contribution in [0.2, 0.25) is 5.02 Å². The molecule has 2 aromatic carbocycles. The number of aryl methyl sites for hydroxylation is 1. The van der Waals surface area contributed by atoms with E-state index in [4.69, 9.17) is 21.1 Å². The first kappa shape index (κ1) is 35.2. The zero-order chi connectivity index (χ0) is 36.0. The fourth-order valence-corrected chi connectivity index (χ4v) is 10.9. The summed E-state index contributed by atoms with van der Waals surface area (Å²) in [6.07, 6.45) is 15.2. The topological polar surface area (TPSA) is 118 Å². The van der Waals surface area contributed by atoms with E-state index >= 15 is 0 Å². The SMILES string of the molecule is CO[C@H]1/C=C/C[C@H](C)C[S@@](=O)(NC(=O)N2CC(n3ccnc3)C2)=NC(=O)c2ccc3c(c2)N(C[C@@H]2CC[C@H]21)C[C@@]1(CCCc2cc(Cl)ccc21)CO3. The highest BCUT2D eigenvalue weighted by Crippen LogP contribution is 2.47. The van der Waals surface area contributed by atoms with Gasteiger partial charge in [-0.1, -0.05) is 36.7 Å². The second kappa shape index (κ2) is 14.2. The molecule has 1 saturated carbocycles. The Morgan fingerprint density at radius 2 is 2.02 bits per heavy atom. The Morgan fingerprint density at radius 3 is 2.79 bits per heavy atom. The second-order valence-electron chi connectivity index (χ2n) is 15.4. The molecule has 3 amide bonds. The Bertz CT molecular complexity index is 1990. The summed E-state index contributed by atoms with van der Waals surface area (Å²) in [5.41, 5.74) is 3.43. The van der Waals surface area contributed by atoms with Gasteiger partial charge in [-0.25, -0.2) is 14.0 Å². The fourth-order valence-electron chi connectivity index (χ4n) is 8.86. The number of carbonyl (C=O) groups excluding carboxylic acids is 2. The number of hydrogen-bond acceptors (Lipinski definition) is 7. The Balaban J connectivity index is 1.15. The van der Waals surface area contributed by atoms with Gasteiger partial charge in [-0.2, -0.15) is 0 Å². The number of methoxy groups -OCH3 is 1. The van der Waals surface area contributed by atoms with Crippen LogP contribution in [0.5, 0.6) is 5.75 Å². The molecule has 4 heterocycles. The van der Waals surface area contributed by atoms with Gasteiger partial charge in [-0.15, -0.1) is 4.36 Å². The molecule has 3 aliphatic heterocycles. The van der Waals surface area contributed by atoms with Crippen molar-refractivity contribution in [2.24, 2.45) is 22.1 Å². The lowest BCUT2D eigenvalue weighted by Gasteiger charge is -2.46. The first-order valence-corrected chi connectivity index (χ1v) is 20.5. The van der Waals surface area contributed by atoms with Crippen LogP contribution in [0.25, 0.3) is 0 Å². The van der Waals surface area contributed by atoms with Gasteiger partial charge < -0.3 is 23.8 Å². The zero-order valence-electron chi connectivity index (χ0n) is 29.8. The van der Waals surface area contributed by atoms with E-state index in [2.05, 4.69) is 43.3 Å². The van der Waals surface area contributed by atoms with Crippen molar-refractivity contribution in [1.29, 1.82) is 0 Å². The average Bonchev–Trinajstić information content (AvgIpc) is 3.56. The predicted molar refractivity (Wildman–Crippen MR) is 201 cm³/mol. The molecule has 6 atom stereocenters. The molecule has 1 N–H and O–H groups in total. The molecular formula is C39H47ClN6O5S. The lowest BCUT2D eigenvalue weighted by molar-refractivity contribution is 0.0131. The first-order valence-electron chi connectivity index (χ1n) is 18.5. The summed E-state index contributed by atoms with van der Waals surface area (Å²) < 4.78 is 36.3. The first-order chi connectivity index (χ1) is 25.1. The number of benzene rings is 2. The van der Waals surface area contributed by atoms with E-state index in [0.717, 1.165) is 55.9 Å². The van der Waals surface area contributed by atoms with Crippen LogP contribution in [-0.4, -0.2) is 82.4 Å². The minimum atomic E-state index is -3.49. The van der Waals surface area contributed by atoms with Crippen LogP contribution in [0, 0.1) is 17.8 Å². The number of urea groups is 1. The summed E-state index contributed by atoms with van der Waals surface area (Å²) in [5.74, 6) is 0.728. The predicted octanol–water partition coefficient (Wildman–Crippen LogP) is 6.44. The normalized spacial score (nSPS) is 31.2. The summed E-state index contributed by atoms with van der Waals surface area (Å²) in [4.78, 5) is 35.5. The van der Waals surface area contributed by atoms with Crippen LogP contribution in [0.4, 0.5) is 10.5 Å². The summed E-state index contributed by atoms with van der Waals surface area (Å²) in [6, 6.07) is 11.2. The Hall–Kier alpha value is -3.87. The second-order valence-corrected chi connectivity index (χ2v) is 17.9. The van der Waals surface area contributed by atoms with Gasteiger partial charge >= 0.3 is 6.03 Å². The van der Waals surface area contributed by atoms with Gasteiger partial charge in [-0.3, -0.25) is 9.52 Å². The number of nitrogens with one attached hydrogen (secondary N) is 1. The number of aromatic nitrogens is 2. The minimum absolute atomic E-state index is 0.0312. The molecule has 0 unspecified atom stereocenters. The van der Waals surface area contributed by atoms with Crippen LogP contribution in [0.3, 0.4) is 0 Å². The maximum absolute atomic E-state index is 14.6. The highest BCUT2D eigenvalue weighted by molar-refractivity contribution is 7.92. The molecule has 0 radical (unpaired) electrons. The number of amides is 3. The number of hydrogen-bond donors (Lipinski definition) is 1. The lowest BCUT2D eigenvalue weighted by atomic mass is 9.68. The monoisotopic (exact) mass is 746 g/mol. The highest BCUT2D eigenvalue weighted by atomic mass is 35.5. The highest BCUT2D eigenvalue weighted by Gasteiger charge is 2.44. The molecule has 52 heavy (non-hydrogen) atoms. The van der Waals surface area contributed by atoms with Gasteiger partial charge in [0.05, 0.1) is 36.5 Å². The number of fused-ring (bicyclic) bond motifs is 4. The summed E-state index contributed by atoms with van der Waals surface area (Å²) in [6.45, 7) is 4.88. The molecule has 1 saturated heterocycles. The van der Waals surface area contributed by atoms with Crippen molar-refractivity contribution in [3.63, 3.8) is 0 Å². The van der Waals surface area contributed by atoms with Crippen LogP contribution in [-0.2, 0) is 26.5 Å². The minimum Gasteiger partial charge on any atom is -0.490 e. The number of ether oxygens (including phenoxy) is 2. The molecule has 2 fully saturated rings. The van der Waals surface area contributed by atoms with Gasteiger partial charge in [0.15, 0.2) is 0 Å². The quantitative estimate of drug-likeness (QED) is 0.307. The molecule has 1 aromatic heterocycles. The van der Waals surface area contributed by atoms with E-state index in [1.807, 2.05) is 35.9 Å². The van der Waals surface area contributed by atoms with Crippen molar-refractivity contribution >= 4 is 39.1 Å². The fraction of sp³-hybridized carbons (Fsp3) is 0.513. The maximum atomic E-state index is 14.6. The van der Waals surface area contributed by atoms with Gasteiger partial charge in [0.2, 0.25) is 0 Å². The Morgan fingerprint density at radius 1 is 1.15 bits per heavy atom. The third-order valence-corrected chi connectivity index (χ3v) is 14.1. The van der Waals surface area contributed by atoms with Crippen molar-refractivity contribution in [2.45, 2.75) is 63.0 Å². The van der Waals surface area contributed by atoms with Crippen molar-refractivity contribution in [3.05, 3.63) is 89.0 Å². The number of allylic oxidation sites excluding steroid dienone is 1. The maximum Gasteiger partial charge on any atom is 0.329 e. The van der Waals surface area contributed by atoms with Crippen molar-refractivity contribution in [1.82, 2.24) is 19.2 Å². The molecular weight excluding hydrogens is 700 g/mol. The van der Waals surface area contributed by atoms with Crippen molar-refractivity contribution in [2.75, 3.05) is 50.5 Å². The smallest absolute Gasteiger partial charge is 0.329 e. The Kier molecular flexibility index (Phi) is 9.59. The molecule has 3 aromatic rings. The molecule has 5 aliphatic rings. The number of anilines is 1. The van der Waals surface area contributed by atoms with Gasteiger partial charge in [0.25, 0.3) is 5.91 Å². The number of halogens is 1. The summed E-state index contributed by atoms with van der Waals surface area (Å²) in [7, 11) is -1.72. The molecule has 2 bridgehead atoms. The number of likely N-dealkylation sites (tertiary alicyclic amines) is 1. The van der Waals surface area contributed by atoms with E-state index in [1.165, 1.54) is 11.1 Å². The third-order valence-electron chi connectivity index (χ3n) is 11.9. The largest absolute Gasteiger partial charge is 0.490 e. The van der Waals surface area contributed by atoms with E-state index in [1.54, 1.807) is 30.6 Å². The molecule has 8 rings (SSSR count). The van der Waals surface area contributed by atoms with Crippen LogP contribution < -0.4 is 14.4 Å².